The second kappa shape index (κ2) is 9.29. The highest BCUT2D eigenvalue weighted by atomic mass is 32.2. The summed E-state index contributed by atoms with van der Waals surface area (Å²) in [5.41, 5.74) is 2.35. The van der Waals surface area contributed by atoms with Gasteiger partial charge in [-0.1, -0.05) is 60.7 Å². The van der Waals surface area contributed by atoms with E-state index < -0.39 is 10.0 Å². The number of aromatic nitrogens is 2. The molecular formula is C20H22N4O3S. The molecule has 146 valence electrons. The van der Waals surface area contributed by atoms with Gasteiger partial charge in [0, 0.05) is 19.3 Å². The molecule has 1 aromatic heterocycles. The molecule has 1 heterocycles. The van der Waals surface area contributed by atoms with Crippen LogP contribution in [0, 0.1) is 0 Å². The monoisotopic (exact) mass is 398 g/mol. The Hall–Kier alpha value is -2.97. The van der Waals surface area contributed by atoms with Crippen LogP contribution in [0.1, 0.15) is 21.5 Å². The number of nitrogens with zero attached hydrogens (tertiary/aromatic N) is 2. The smallest absolute Gasteiger partial charge is 0.254 e. The number of rotatable bonds is 9. The molecule has 3 aromatic rings. The zero-order valence-corrected chi connectivity index (χ0v) is 16.1. The first kappa shape index (κ1) is 19.8. The van der Waals surface area contributed by atoms with Gasteiger partial charge in [0.25, 0.3) is 5.91 Å². The summed E-state index contributed by atoms with van der Waals surface area (Å²) in [5.74, 6) is -0.540. The summed E-state index contributed by atoms with van der Waals surface area (Å²) in [6.45, 7) is 0.808. The Morgan fingerprint density at radius 3 is 2.29 bits per heavy atom. The summed E-state index contributed by atoms with van der Waals surface area (Å²) in [4.78, 5) is 12.2. The Kier molecular flexibility index (Phi) is 6.57. The Morgan fingerprint density at radius 1 is 0.964 bits per heavy atom. The number of amides is 1. The summed E-state index contributed by atoms with van der Waals surface area (Å²) < 4.78 is 28.3. The van der Waals surface area contributed by atoms with Gasteiger partial charge in [-0.25, -0.2) is 13.1 Å². The van der Waals surface area contributed by atoms with Crippen molar-refractivity contribution in [1.82, 2.24) is 19.8 Å². The molecule has 0 saturated carbocycles. The number of nitrogens with one attached hydrogen (secondary N) is 2. The Bertz CT molecular complexity index is 1000. The van der Waals surface area contributed by atoms with Crippen LogP contribution in [0.4, 0.5) is 0 Å². The number of hydrogen-bond acceptors (Lipinski definition) is 4. The lowest BCUT2D eigenvalue weighted by molar-refractivity contribution is 0.0956. The molecule has 0 unspecified atom stereocenters. The molecule has 28 heavy (non-hydrogen) atoms. The molecule has 8 heteroatoms. The van der Waals surface area contributed by atoms with E-state index in [9.17, 15) is 13.2 Å². The minimum atomic E-state index is -3.48. The van der Waals surface area contributed by atoms with Gasteiger partial charge in [-0.15, -0.1) is 0 Å². The quantitative estimate of drug-likeness (QED) is 0.575. The van der Waals surface area contributed by atoms with Gasteiger partial charge >= 0.3 is 0 Å². The van der Waals surface area contributed by atoms with Crippen molar-refractivity contribution in [3.05, 3.63) is 89.7 Å². The Labute approximate surface area is 164 Å². The zero-order valence-electron chi connectivity index (χ0n) is 15.3. The number of sulfonamides is 1. The average molecular weight is 398 g/mol. The lowest BCUT2D eigenvalue weighted by atomic mass is 10.2. The fraction of sp³-hybridized carbons (Fsp3) is 0.200. The van der Waals surface area contributed by atoms with Crippen molar-refractivity contribution in [2.45, 2.75) is 13.1 Å². The number of hydrogen-bond donors (Lipinski definition) is 2. The van der Waals surface area contributed by atoms with Crippen molar-refractivity contribution in [2.24, 2.45) is 0 Å². The third kappa shape index (κ3) is 6.04. The van der Waals surface area contributed by atoms with E-state index in [1.54, 1.807) is 10.9 Å². The fourth-order valence-electron chi connectivity index (χ4n) is 2.60. The molecule has 0 fully saturated rings. The molecule has 0 atom stereocenters. The third-order valence-corrected chi connectivity index (χ3v) is 5.40. The van der Waals surface area contributed by atoms with Gasteiger partial charge in [0.1, 0.15) is 0 Å². The highest BCUT2D eigenvalue weighted by Crippen LogP contribution is 2.04. The van der Waals surface area contributed by atoms with E-state index in [0.717, 1.165) is 11.1 Å². The van der Waals surface area contributed by atoms with Crippen LogP contribution in [-0.4, -0.2) is 36.4 Å². The van der Waals surface area contributed by atoms with E-state index in [-0.39, 0.29) is 24.7 Å². The van der Waals surface area contributed by atoms with Crippen LogP contribution in [0.5, 0.6) is 0 Å². The van der Waals surface area contributed by atoms with Crippen molar-refractivity contribution in [1.29, 1.82) is 0 Å². The van der Waals surface area contributed by atoms with Crippen molar-refractivity contribution in [3.8, 4) is 0 Å². The van der Waals surface area contributed by atoms with Crippen LogP contribution < -0.4 is 10.0 Å². The van der Waals surface area contributed by atoms with E-state index in [1.807, 2.05) is 60.7 Å². The maximum absolute atomic E-state index is 12.2. The second-order valence-corrected chi connectivity index (χ2v) is 8.22. The molecule has 0 aliphatic carbocycles. The molecule has 0 spiro atoms. The summed E-state index contributed by atoms with van der Waals surface area (Å²) in [6.07, 6.45) is 3.12. The SMILES string of the molecule is O=C(NCCS(=O)(=O)NCc1ccccc1)c1cnn(Cc2ccccc2)c1. The Morgan fingerprint density at radius 2 is 1.61 bits per heavy atom. The molecule has 7 nitrogen and oxygen atoms in total. The number of carbonyl (C=O) groups excluding carboxylic acids is 1. The minimum Gasteiger partial charge on any atom is -0.351 e. The topological polar surface area (TPSA) is 93.1 Å². The number of benzene rings is 2. The molecule has 3 rings (SSSR count). The van der Waals surface area contributed by atoms with E-state index in [4.69, 9.17) is 0 Å². The standard InChI is InChI=1S/C20H22N4O3S/c25-20(19-14-22-24(16-19)15-18-9-5-2-6-10-18)21-11-12-28(26,27)23-13-17-7-3-1-4-8-17/h1-10,14,16,23H,11-13,15H2,(H,21,25). The van der Waals surface area contributed by atoms with Gasteiger partial charge in [-0.3, -0.25) is 9.48 Å². The van der Waals surface area contributed by atoms with Crippen molar-refractivity contribution in [2.75, 3.05) is 12.3 Å². The highest BCUT2D eigenvalue weighted by molar-refractivity contribution is 7.89. The maximum Gasteiger partial charge on any atom is 0.254 e. The van der Waals surface area contributed by atoms with Gasteiger partial charge in [0.15, 0.2) is 0 Å². The highest BCUT2D eigenvalue weighted by Gasteiger charge is 2.13. The third-order valence-electron chi connectivity index (χ3n) is 4.08. The lowest BCUT2D eigenvalue weighted by Gasteiger charge is -2.07. The van der Waals surface area contributed by atoms with Crippen molar-refractivity contribution in [3.63, 3.8) is 0 Å². The van der Waals surface area contributed by atoms with Crippen LogP contribution in [0.2, 0.25) is 0 Å². The van der Waals surface area contributed by atoms with Gasteiger partial charge in [-0.2, -0.15) is 5.10 Å². The molecule has 0 saturated heterocycles. The summed E-state index contributed by atoms with van der Waals surface area (Å²) >= 11 is 0. The molecule has 2 aromatic carbocycles. The minimum absolute atomic E-state index is 0.0207. The van der Waals surface area contributed by atoms with Crippen LogP contribution in [0.15, 0.2) is 73.1 Å². The van der Waals surface area contributed by atoms with Crippen LogP contribution in [-0.2, 0) is 23.1 Å². The predicted octanol–water partition coefficient (Wildman–Crippen LogP) is 1.78. The van der Waals surface area contributed by atoms with Gasteiger partial charge in [-0.05, 0) is 11.1 Å². The molecule has 0 aliphatic heterocycles. The number of carbonyl (C=O) groups is 1. The van der Waals surface area contributed by atoms with Gasteiger partial charge < -0.3 is 5.32 Å². The van der Waals surface area contributed by atoms with Crippen molar-refractivity contribution < 1.29 is 13.2 Å². The largest absolute Gasteiger partial charge is 0.351 e. The van der Waals surface area contributed by atoms with Crippen molar-refractivity contribution >= 4 is 15.9 Å². The van der Waals surface area contributed by atoms with Crippen LogP contribution in [0.3, 0.4) is 0 Å². The normalized spacial score (nSPS) is 11.3. The first-order valence-corrected chi connectivity index (χ1v) is 10.5. The first-order valence-electron chi connectivity index (χ1n) is 8.88. The summed E-state index contributed by atoms with van der Waals surface area (Å²) in [5, 5.41) is 6.80. The fourth-order valence-corrected chi connectivity index (χ4v) is 3.50. The van der Waals surface area contributed by atoms with Crippen LogP contribution >= 0.6 is 0 Å². The van der Waals surface area contributed by atoms with E-state index in [0.29, 0.717) is 12.1 Å². The first-order chi connectivity index (χ1) is 13.5. The van der Waals surface area contributed by atoms with E-state index >= 15 is 0 Å². The molecular weight excluding hydrogens is 376 g/mol. The molecule has 0 aliphatic rings. The summed E-state index contributed by atoms with van der Waals surface area (Å²) in [7, 11) is -3.48. The van der Waals surface area contributed by atoms with Gasteiger partial charge in [0.2, 0.25) is 10.0 Å². The predicted molar refractivity (Wildman–Crippen MR) is 107 cm³/mol. The molecule has 2 N–H and O–H groups in total. The van der Waals surface area contributed by atoms with E-state index in [1.165, 1.54) is 6.20 Å². The second-order valence-electron chi connectivity index (χ2n) is 6.29. The van der Waals surface area contributed by atoms with E-state index in [2.05, 4.69) is 15.1 Å². The molecule has 1 amide bonds. The molecule has 0 radical (unpaired) electrons. The Balaban J connectivity index is 1.45. The zero-order chi connectivity index (χ0) is 19.8. The lowest BCUT2D eigenvalue weighted by Crippen LogP contribution is -2.34. The summed E-state index contributed by atoms with van der Waals surface area (Å²) in [6, 6.07) is 19.0. The van der Waals surface area contributed by atoms with Crippen LogP contribution in [0.25, 0.3) is 0 Å². The molecule has 0 bridgehead atoms. The average Bonchev–Trinajstić information content (AvgIpc) is 3.16. The maximum atomic E-state index is 12.2. The van der Waals surface area contributed by atoms with Gasteiger partial charge in [0.05, 0.1) is 24.1 Å².